The van der Waals surface area contributed by atoms with Crippen molar-refractivity contribution in [2.45, 2.75) is 32.5 Å². The molecule has 1 atom stereocenters. The first-order chi connectivity index (χ1) is 10.8. The molecule has 0 bridgehead atoms. The minimum Gasteiger partial charge on any atom is -0.508 e. The van der Waals surface area contributed by atoms with Gasteiger partial charge in [0, 0.05) is 6.04 Å². The molecule has 2 rings (SSSR count). The molecule has 1 unspecified atom stereocenters. The second-order valence-electron chi connectivity index (χ2n) is 5.20. The topological polar surface area (TPSA) is 32.3 Å². The molecule has 6 heteroatoms. The molecule has 0 aliphatic heterocycles. The Bertz CT molecular complexity index is 576. The molecule has 2 aromatic rings. The quantitative estimate of drug-likeness (QED) is 0.797. The van der Waals surface area contributed by atoms with Crippen molar-refractivity contribution < 1.29 is 18.3 Å². The Morgan fingerprint density at radius 1 is 1.04 bits per heavy atom. The molecule has 0 spiro atoms. The van der Waals surface area contributed by atoms with Crippen molar-refractivity contribution in [2.24, 2.45) is 0 Å². The standard InChI is InChI=1S/C12H16F3N.C6H6O.ClH/c1-3-16-9(2)7-10-5-4-6-11(8-10)12(13,14)15;7-6-4-2-1-3-5-6;/h4-6,8-9,16H,3,7H2,1-2H3;1-5,7H;1H. The van der Waals surface area contributed by atoms with Gasteiger partial charge in [-0.1, -0.05) is 43.3 Å². The third kappa shape index (κ3) is 8.79. The Balaban J connectivity index is 0.000000555. The van der Waals surface area contributed by atoms with Gasteiger partial charge in [0.05, 0.1) is 5.56 Å². The van der Waals surface area contributed by atoms with E-state index in [0.717, 1.165) is 12.6 Å². The van der Waals surface area contributed by atoms with Crippen molar-refractivity contribution >= 4 is 12.4 Å². The zero-order chi connectivity index (χ0) is 17.3. The lowest BCUT2D eigenvalue weighted by atomic mass is 10.0. The fraction of sp³-hybridized carbons (Fsp3) is 0.333. The number of benzene rings is 2. The third-order valence-electron chi connectivity index (χ3n) is 3.10. The molecule has 0 radical (unpaired) electrons. The van der Waals surface area contributed by atoms with E-state index in [2.05, 4.69) is 5.32 Å². The van der Waals surface area contributed by atoms with Gasteiger partial charge in [-0.25, -0.2) is 0 Å². The monoisotopic (exact) mass is 361 g/mol. The largest absolute Gasteiger partial charge is 0.508 e. The van der Waals surface area contributed by atoms with E-state index < -0.39 is 11.7 Å². The van der Waals surface area contributed by atoms with Gasteiger partial charge in [0.15, 0.2) is 0 Å². The fourth-order valence-corrected chi connectivity index (χ4v) is 2.08. The summed E-state index contributed by atoms with van der Waals surface area (Å²) in [6.07, 6.45) is -3.64. The van der Waals surface area contributed by atoms with Crippen molar-refractivity contribution in [3.8, 4) is 5.75 Å². The normalized spacial score (nSPS) is 11.7. The maximum absolute atomic E-state index is 12.4. The van der Waals surface area contributed by atoms with Crippen LogP contribution in [-0.4, -0.2) is 17.7 Å². The van der Waals surface area contributed by atoms with Crippen LogP contribution in [0.25, 0.3) is 0 Å². The van der Waals surface area contributed by atoms with E-state index in [0.29, 0.717) is 17.7 Å². The molecule has 2 N–H and O–H groups in total. The molecule has 0 aliphatic rings. The molecule has 2 nitrogen and oxygen atoms in total. The number of rotatable bonds is 4. The summed E-state index contributed by atoms with van der Waals surface area (Å²) in [4.78, 5) is 0. The summed E-state index contributed by atoms with van der Waals surface area (Å²) in [5.74, 6) is 0.322. The van der Waals surface area contributed by atoms with E-state index in [9.17, 15) is 13.2 Å². The first-order valence-electron chi connectivity index (χ1n) is 7.46. The summed E-state index contributed by atoms with van der Waals surface area (Å²) in [6, 6.07) is 14.4. The third-order valence-corrected chi connectivity index (χ3v) is 3.10. The maximum atomic E-state index is 12.4. The zero-order valence-corrected chi connectivity index (χ0v) is 14.5. The van der Waals surface area contributed by atoms with Crippen LogP contribution in [-0.2, 0) is 12.6 Å². The summed E-state index contributed by atoms with van der Waals surface area (Å²) < 4.78 is 37.3. The Hall–Kier alpha value is -1.72. The van der Waals surface area contributed by atoms with Crippen LogP contribution in [0, 0.1) is 0 Å². The first kappa shape index (κ1) is 22.3. The number of likely N-dealkylation sites (N-methyl/N-ethyl adjacent to an activating group) is 1. The van der Waals surface area contributed by atoms with Crippen LogP contribution >= 0.6 is 12.4 Å². The SMILES string of the molecule is CCNC(C)Cc1cccc(C(F)(F)F)c1.Cl.Oc1ccccc1. The average molecular weight is 362 g/mol. The Kier molecular flexibility index (Phi) is 10.2. The second-order valence-corrected chi connectivity index (χ2v) is 5.20. The van der Waals surface area contributed by atoms with Gasteiger partial charge in [-0.3, -0.25) is 0 Å². The lowest BCUT2D eigenvalue weighted by molar-refractivity contribution is -0.137. The number of hydrogen-bond donors (Lipinski definition) is 2. The molecule has 0 saturated carbocycles. The molecule has 0 heterocycles. The van der Waals surface area contributed by atoms with E-state index in [1.54, 1.807) is 30.3 Å². The number of aromatic hydroxyl groups is 1. The van der Waals surface area contributed by atoms with Gasteiger partial charge in [-0.15, -0.1) is 12.4 Å². The molecule has 134 valence electrons. The predicted octanol–water partition coefficient (Wildman–Crippen LogP) is 5.06. The second kappa shape index (κ2) is 10.9. The highest BCUT2D eigenvalue weighted by Gasteiger charge is 2.30. The van der Waals surface area contributed by atoms with Crippen LogP contribution in [0.2, 0.25) is 0 Å². The molecule has 0 fully saturated rings. The molecule has 2 aromatic carbocycles. The number of hydrogen-bond acceptors (Lipinski definition) is 2. The van der Waals surface area contributed by atoms with Crippen molar-refractivity contribution in [1.82, 2.24) is 5.32 Å². The number of phenolic OH excluding ortho intramolecular Hbond substituents is 1. The first-order valence-corrected chi connectivity index (χ1v) is 7.46. The van der Waals surface area contributed by atoms with Crippen LogP contribution in [0.15, 0.2) is 54.6 Å². The van der Waals surface area contributed by atoms with E-state index in [1.807, 2.05) is 19.9 Å². The van der Waals surface area contributed by atoms with Gasteiger partial charge in [-0.05, 0) is 43.7 Å². The Morgan fingerprint density at radius 3 is 2.12 bits per heavy atom. The van der Waals surface area contributed by atoms with Gasteiger partial charge < -0.3 is 10.4 Å². The molecule has 24 heavy (non-hydrogen) atoms. The number of alkyl halides is 3. The summed E-state index contributed by atoms with van der Waals surface area (Å²) in [6.45, 7) is 4.76. The van der Waals surface area contributed by atoms with Crippen LogP contribution in [0.3, 0.4) is 0 Å². The highest BCUT2D eigenvalue weighted by Crippen LogP contribution is 2.29. The highest BCUT2D eigenvalue weighted by atomic mass is 35.5. The number of phenols is 1. The van der Waals surface area contributed by atoms with Crippen LogP contribution in [0.4, 0.5) is 13.2 Å². The Labute approximate surface area is 147 Å². The van der Waals surface area contributed by atoms with Crippen LogP contribution < -0.4 is 5.32 Å². The summed E-state index contributed by atoms with van der Waals surface area (Å²) in [5.41, 5.74) is 0.136. The average Bonchev–Trinajstić information content (AvgIpc) is 2.48. The highest BCUT2D eigenvalue weighted by molar-refractivity contribution is 5.85. The van der Waals surface area contributed by atoms with Crippen LogP contribution in [0.5, 0.6) is 5.75 Å². The van der Waals surface area contributed by atoms with Crippen molar-refractivity contribution in [1.29, 1.82) is 0 Å². The molecule has 0 amide bonds. The lowest BCUT2D eigenvalue weighted by Crippen LogP contribution is -2.27. The minimum atomic E-state index is -4.25. The summed E-state index contributed by atoms with van der Waals surface area (Å²) in [5, 5.41) is 11.8. The molecule has 0 aliphatic carbocycles. The van der Waals surface area contributed by atoms with Gasteiger partial charge >= 0.3 is 6.18 Å². The molecular formula is C18H23ClF3NO. The van der Waals surface area contributed by atoms with Crippen molar-refractivity contribution in [3.63, 3.8) is 0 Å². The van der Waals surface area contributed by atoms with Crippen molar-refractivity contribution in [2.75, 3.05) is 6.54 Å². The van der Waals surface area contributed by atoms with Crippen molar-refractivity contribution in [3.05, 3.63) is 65.7 Å². The summed E-state index contributed by atoms with van der Waals surface area (Å²) in [7, 11) is 0. The number of nitrogens with one attached hydrogen (secondary N) is 1. The maximum Gasteiger partial charge on any atom is 0.416 e. The zero-order valence-electron chi connectivity index (χ0n) is 13.7. The van der Waals surface area contributed by atoms with Gasteiger partial charge in [0.2, 0.25) is 0 Å². The van der Waals surface area contributed by atoms with E-state index >= 15 is 0 Å². The van der Waals surface area contributed by atoms with Gasteiger partial charge in [-0.2, -0.15) is 13.2 Å². The van der Waals surface area contributed by atoms with E-state index in [1.165, 1.54) is 12.1 Å². The van der Waals surface area contributed by atoms with E-state index in [4.69, 9.17) is 5.11 Å². The minimum absolute atomic E-state index is 0. The molecule has 0 aromatic heterocycles. The molecular weight excluding hydrogens is 339 g/mol. The predicted molar refractivity (Wildman–Crippen MR) is 93.6 cm³/mol. The Morgan fingerprint density at radius 2 is 1.67 bits per heavy atom. The summed E-state index contributed by atoms with van der Waals surface area (Å²) >= 11 is 0. The van der Waals surface area contributed by atoms with E-state index in [-0.39, 0.29) is 18.4 Å². The smallest absolute Gasteiger partial charge is 0.416 e. The fourth-order valence-electron chi connectivity index (χ4n) is 2.08. The lowest BCUT2D eigenvalue weighted by Gasteiger charge is -2.13. The number of halogens is 4. The van der Waals surface area contributed by atoms with Gasteiger partial charge in [0.1, 0.15) is 5.75 Å². The van der Waals surface area contributed by atoms with Gasteiger partial charge in [0.25, 0.3) is 0 Å². The number of para-hydroxylation sites is 1. The van der Waals surface area contributed by atoms with Crippen LogP contribution in [0.1, 0.15) is 25.0 Å². The molecule has 0 saturated heterocycles.